The van der Waals surface area contributed by atoms with E-state index >= 15 is 0 Å². The molecule has 0 saturated carbocycles. The highest BCUT2D eigenvalue weighted by Gasteiger charge is 2.17. The van der Waals surface area contributed by atoms with Gasteiger partial charge in [-0.05, 0) is 25.1 Å². The van der Waals surface area contributed by atoms with Gasteiger partial charge in [0.2, 0.25) is 0 Å². The first-order valence-electron chi connectivity index (χ1n) is 3.91. The van der Waals surface area contributed by atoms with E-state index in [0.29, 0.717) is 0 Å². The van der Waals surface area contributed by atoms with Crippen LogP contribution in [0.25, 0.3) is 0 Å². The molecule has 1 rings (SSSR count). The minimum atomic E-state index is -1.17. The highest BCUT2D eigenvalue weighted by molar-refractivity contribution is 5.21. The summed E-state index contributed by atoms with van der Waals surface area (Å²) in [6, 6.07) is 2.28. The van der Waals surface area contributed by atoms with Crippen molar-refractivity contribution in [3.05, 3.63) is 35.4 Å². The largest absolute Gasteiger partial charge is 0.387 e. The van der Waals surface area contributed by atoms with E-state index in [1.54, 1.807) is 0 Å². The van der Waals surface area contributed by atoms with Crippen LogP contribution >= 0.6 is 0 Å². The van der Waals surface area contributed by atoms with Crippen LogP contribution in [0.1, 0.15) is 18.6 Å². The number of nitrogens with two attached hydrogens (primary N) is 1. The highest BCUT2D eigenvalue weighted by atomic mass is 19.1. The van der Waals surface area contributed by atoms with Gasteiger partial charge in [-0.3, -0.25) is 0 Å². The molecule has 0 unspecified atom stereocenters. The molecule has 2 atom stereocenters. The molecule has 0 spiro atoms. The molecule has 0 fully saturated rings. The molecule has 0 radical (unpaired) electrons. The summed E-state index contributed by atoms with van der Waals surface area (Å²) < 4.78 is 25.7. The van der Waals surface area contributed by atoms with Crippen molar-refractivity contribution < 1.29 is 13.9 Å². The van der Waals surface area contributed by atoms with Crippen molar-refractivity contribution in [2.45, 2.75) is 19.1 Å². The summed E-state index contributed by atoms with van der Waals surface area (Å²) in [7, 11) is 0. The van der Waals surface area contributed by atoms with E-state index in [0.717, 1.165) is 18.2 Å². The van der Waals surface area contributed by atoms with Crippen LogP contribution in [-0.4, -0.2) is 11.1 Å². The van der Waals surface area contributed by atoms with E-state index < -0.39 is 23.8 Å². The summed E-state index contributed by atoms with van der Waals surface area (Å²) in [6.07, 6.45) is -1.17. The molecular formula is C9H11F2NO. The maximum absolute atomic E-state index is 13.0. The zero-order chi connectivity index (χ0) is 10.0. The van der Waals surface area contributed by atoms with E-state index in [1.807, 2.05) is 0 Å². The van der Waals surface area contributed by atoms with E-state index in [-0.39, 0.29) is 5.56 Å². The second-order valence-electron chi connectivity index (χ2n) is 2.97. The van der Waals surface area contributed by atoms with Gasteiger partial charge in [0, 0.05) is 11.6 Å². The van der Waals surface area contributed by atoms with Crippen molar-refractivity contribution in [2.24, 2.45) is 5.73 Å². The van der Waals surface area contributed by atoms with Crippen LogP contribution in [0.15, 0.2) is 18.2 Å². The third-order valence-electron chi connectivity index (χ3n) is 1.77. The van der Waals surface area contributed by atoms with Crippen molar-refractivity contribution in [3.63, 3.8) is 0 Å². The Bertz CT molecular complexity index is 302. The van der Waals surface area contributed by atoms with Crippen molar-refractivity contribution in [2.75, 3.05) is 0 Å². The summed E-state index contributed by atoms with van der Waals surface area (Å²) in [5.41, 5.74) is 5.25. The molecule has 4 heteroatoms. The molecular weight excluding hydrogens is 176 g/mol. The molecule has 0 aliphatic heterocycles. The lowest BCUT2D eigenvalue weighted by Gasteiger charge is -2.15. The monoisotopic (exact) mass is 187 g/mol. The highest BCUT2D eigenvalue weighted by Crippen LogP contribution is 2.19. The van der Waals surface area contributed by atoms with E-state index in [1.165, 1.54) is 6.92 Å². The summed E-state index contributed by atoms with van der Waals surface area (Å²) in [4.78, 5) is 0. The number of halogens is 2. The van der Waals surface area contributed by atoms with Gasteiger partial charge in [-0.2, -0.15) is 0 Å². The number of aliphatic hydroxyl groups is 1. The van der Waals surface area contributed by atoms with E-state index in [9.17, 15) is 13.9 Å². The van der Waals surface area contributed by atoms with Gasteiger partial charge >= 0.3 is 0 Å². The van der Waals surface area contributed by atoms with E-state index in [2.05, 4.69) is 0 Å². The number of rotatable bonds is 2. The topological polar surface area (TPSA) is 46.2 Å². The second kappa shape index (κ2) is 3.81. The number of benzene rings is 1. The maximum Gasteiger partial charge on any atom is 0.129 e. The predicted octanol–water partition coefficient (Wildman–Crippen LogP) is 1.35. The Morgan fingerprint density at radius 3 is 2.54 bits per heavy atom. The van der Waals surface area contributed by atoms with Gasteiger partial charge in [0.25, 0.3) is 0 Å². The van der Waals surface area contributed by atoms with Crippen LogP contribution in [0, 0.1) is 11.6 Å². The summed E-state index contributed by atoms with van der Waals surface area (Å²) in [6.45, 7) is 1.52. The molecule has 0 aromatic heterocycles. The van der Waals surface area contributed by atoms with Crippen LogP contribution in [0.2, 0.25) is 0 Å². The molecule has 2 nitrogen and oxygen atoms in total. The molecule has 0 heterocycles. The predicted molar refractivity (Wildman–Crippen MR) is 45.0 cm³/mol. The third-order valence-corrected chi connectivity index (χ3v) is 1.77. The Balaban J connectivity index is 3.05. The van der Waals surface area contributed by atoms with Crippen LogP contribution in [0.4, 0.5) is 8.78 Å². The summed E-state index contributed by atoms with van der Waals surface area (Å²) >= 11 is 0. The standard InChI is InChI=1S/C9H11F2NO/c1-5(12)9(13)7-4-6(10)2-3-8(7)11/h2-5,9,13H,12H2,1H3/t5-,9-/m1/s1. The van der Waals surface area contributed by atoms with Crippen molar-refractivity contribution in [3.8, 4) is 0 Å². The van der Waals surface area contributed by atoms with Crippen LogP contribution in [-0.2, 0) is 0 Å². The van der Waals surface area contributed by atoms with Crippen molar-refractivity contribution in [1.29, 1.82) is 0 Å². The molecule has 0 saturated heterocycles. The molecule has 0 amide bonds. The van der Waals surface area contributed by atoms with Crippen molar-refractivity contribution >= 4 is 0 Å². The van der Waals surface area contributed by atoms with Gasteiger partial charge in [0.15, 0.2) is 0 Å². The van der Waals surface area contributed by atoms with Gasteiger partial charge < -0.3 is 10.8 Å². The molecule has 0 aliphatic carbocycles. The van der Waals surface area contributed by atoms with Crippen LogP contribution in [0.5, 0.6) is 0 Å². The Hall–Kier alpha value is -1.00. The Labute approximate surface area is 75.0 Å². The second-order valence-corrected chi connectivity index (χ2v) is 2.97. The fourth-order valence-corrected chi connectivity index (χ4v) is 1.02. The quantitative estimate of drug-likeness (QED) is 0.734. The summed E-state index contributed by atoms with van der Waals surface area (Å²) in [5.74, 6) is -1.23. The first kappa shape index (κ1) is 10.1. The van der Waals surface area contributed by atoms with Gasteiger partial charge in [-0.1, -0.05) is 0 Å². The van der Waals surface area contributed by atoms with Gasteiger partial charge in [-0.25, -0.2) is 8.78 Å². The first-order chi connectivity index (χ1) is 6.02. The van der Waals surface area contributed by atoms with Crippen LogP contribution in [0.3, 0.4) is 0 Å². The minimum Gasteiger partial charge on any atom is -0.387 e. The number of aliphatic hydroxyl groups excluding tert-OH is 1. The summed E-state index contributed by atoms with van der Waals surface area (Å²) in [5, 5.41) is 9.37. The van der Waals surface area contributed by atoms with Crippen LogP contribution < -0.4 is 5.73 Å². The van der Waals surface area contributed by atoms with Gasteiger partial charge in [0.1, 0.15) is 11.6 Å². The fourth-order valence-electron chi connectivity index (χ4n) is 1.02. The normalized spacial score (nSPS) is 15.5. The molecule has 1 aromatic carbocycles. The van der Waals surface area contributed by atoms with Gasteiger partial charge in [0.05, 0.1) is 6.10 Å². The zero-order valence-electron chi connectivity index (χ0n) is 7.17. The average Bonchev–Trinajstić information content (AvgIpc) is 2.08. The Morgan fingerprint density at radius 2 is 2.00 bits per heavy atom. The first-order valence-corrected chi connectivity index (χ1v) is 3.91. The third kappa shape index (κ3) is 2.23. The Morgan fingerprint density at radius 1 is 1.38 bits per heavy atom. The molecule has 13 heavy (non-hydrogen) atoms. The lowest BCUT2D eigenvalue weighted by Crippen LogP contribution is -2.25. The van der Waals surface area contributed by atoms with E-state index in [4.69, 9.17) is 5.73 Å². The lowest BCUT2D eigenvalue weighted by atomic mass is 10.0. The molecule has 1 aromatic rings. The SMILES string of the molecule is C[C@@H](N)[C@@H](O)c1cc(F)ccc1F. The zero-order valence-corrected chi connectivity index (χ0v) is 7.17. The molecule has 72 valence electrons. The smallest absolute Gasteiger partial charge is 0.129 e. The van der Waals surface area contributed by atoms with Gasteiger partial charge in [-0.15, -0.1) is 0 Å². The lowest BCUT2D eigenvalue weighted by molar-refractivity contribution is 0.148. The molecule has 0 bridgehead atoms. The van der Waals surface area contributed by atoms with Crippen molar-refractivity contribution in [1.82, 2.24) is 0 Å². The average molecular weight is 187 g/mol. The Kier molecular flexibility index (Phi) is 2.95. The maximum atomic E-state index is 13.0. The fraction of sp³-hybridized carbons (Fsp3) is 0.333. The number of hydrogen-bond acceptors (Lipinski definition) is 2. The molecule has 0 aliphatic rings. The number of hydrogen-bond donors (Lipinski definition) is 2. The minimum absolute atomic E-state index is 0.102. The molecule has 3 N–H and O–H groups in total.